The second kappa shape index (κ2) is 8.66. The molecule has 0 saturated carbocycles. The number of nitrogens with one attached hydrogen (secondary N) is 1. The normalized spacial score (nSPS) is 10.6. The van der Waals surface area contributed by atoms with Crippen molar-refractivity contribution in [2.45, 2.75) is 13.3 Å². The number of ether oxygens (including phenoxy) is 2. The molecule has 1 N–H and O–H groups in total. The van der Waals surface area contributed by atoms with Crippen molar-refractivity contribution in [3.8, 4) is 0 Å². The van der Waals surface area contributed by atoms with Gasteiger partial charge in [0.15, 0.2) is 0 Å². The Kier molecular flexibility index (Phi) is 7.05. The predicted molar refractivity (Wildman–Crippen MR) is 67.2 cm³/mol. The highest BCUT2D eigenvalue weighted by Gasteiger charge is 2.01. The first-order valence-corrected chi connectivity index (χ1v) is 6.14. The van der Waals surface area contributed by atoms with Gasteiger partial charge in [0, 0.05) is 39.0 Å². The Labute approximate surface area is 107 Å². The zero-order chi connectivity index (χ0) is 13.2. The van der Waals surface area contributed by atoms with Gasteiger partial charge in [-0.25, -0.2) is 9.78 Å². The second-order valence-corrected chi connectivity index (χ2v) is 3.81. The number of carbonyl (C=O) groups excluding carboxylic acids is 1. The summed E-state index contributed by atoms with van der Waals surface area (Å²) in [4.78, 5) is 15.2. The van der Waals surface area contributed by atoms with E-state index in [2.05, 4.69) is 10.3 Å². The molecule has 0 aliphatic heterocycles. The van der Waals surface area contributed by atoms with E-state index in [4.69, 9.17) is 9.47 Å². The van der Waals surface area contributed by atoms with Crippen LogP contribution in [0.3, 0.4) is 0 Å². The van der Waals surface area contributed by atoms with Gasteiger partial charge in [-0.3, -0.25) is 0 Å². The Bertz CT molecular complexity index is 352. The largest absolute Gasteiger partial charge is 0.464 e. The van der Waals surface area contributed by atoms with E-state index in [1.807, 2.05) is 17.8 Å². The van der Waals surface area contributed by atoms with Crippen molar-refractivity contribution < 1.29 is 14.3 Å². The lowest BCUT2D eigenvalue weighted by Crippen LogP contribution is -2.24. The minimum Gasteiger partial charge on any atom is -0.464 e. The molecule has 0 unspecified atom stereocenters. The molecule has 0 aromatic carbocycles. The molecule has 0 aliphatic carbocycles. The van der Waals surface area contributed by atoms with Crippen LogP contribution in [-0.2, 0) is 27.7 Å². The van der Waals surface area contributed by atoms with Crippen LogP contribution >= 0.6 is 0 Å². The Hall–Kier alpha value is -1.40. The molecule has 0 atom stereocenters. The van der Waals surface area contributed by atoms with E-state index < -0.39 is 0 Å². The lowest BCUT2D eigenvalue weighted by molar-refractivity contribution is -0.148. The summed E-state index contributed by atoms with van der Waals surface area (Å²) < 4.78 is 11.9. The van der Waals surface area contributed by atoms with Gasteiger partial charge in [-0.05, 0) is 6.92 Å². The fourth-order valence-electron chi connectivity index (χ4n) is 1.47. The van der Waals surface area contributed by atoms with Crippen LogP contribution in [0.2, 0.25) is 0 Å². The van der Waals surface area contributed by atoms with Crippen LogP contribution in [0, 0.1) is 0 Å². The molecule has 1 aromatic heterocycles. The molecule has 0 aliphatic rings. The molecule has 0 bridgehead atoms. The van der Waals surface area contributed by atoms with Gasteiger partial charge in [0.1, 0.15) is 12.4 Å². The number of imidazole rings is 1. The lowest BCUT2D eigenvalue weighted by atomic mass is 10.4. The maximum Gasteiger partial charge on any atom is 0.332 e. The molecule has 0 radical (unpaired) electrons. The molecule has 0 saturated heterocycles. The summed E-state index contributed by atoms with van der Waals surface area (Å²) >= 11 is 0. The summed E-state index contributed by atoms with van der Waals surface area (Å²) in [5.74, 6) is 0.737. The number of hydrogen-bond donors (Lipinski definition) is 1. The third kappa shape index (κ3) is 5.79. The predicted octanol–water partition coefficient (Wildman–Crippen LogP) is 0.132. The van der Waals surface area contributed by atoms with Gasteiger partial charge in [-0.1, -0.05) is 0 Å². The number of esters is 1. The van der Waals surface area contributed by atoms with E-state index >= 15 is 0 Å². The van der Waals surface area contributed by atoms with Crippen LogP contribution in [0.15, 0.2) is 12.4 Å². The van der Waals surface area contributed by atoms with Gasteiger partial charge in [-0.15, -0.1) is 0 Å². The fourth-order valence-corrected chi connectivity index (χ4v) is 1.47. The maximum absolute atomic E-state index is 10.9. The SMILES string of the molecule is CCOC(=O)COCCNCCc1nccn1C. The quantitative estimate of drug-likeness (QED) is 0.502. The van der Waals surface area contributed by atoms with Crippen LogP contribution in [-0.4, -0.2) is 48.4 Å². The maximum atomic E-state index is 10.9. The molecule has 6 nitrogen and oxygen atoms in total. The third-order valence-electron chi connectivity index (χ3n) is 2.39. The molecule has 18 heavy (non-hydrogen) atoms. The van der Waals surface area contributed by atoms with Crippen molar-refractivity contribution in [1.82, 2.24) is 14.9 Å². The number of aromatic nitrogens is 2. The monoisotopic (exact) mass is 255 g/mol. The molecule has 6 heteroatoms. The zero-order valence-corrected chi connectivity index (χ0v) is 11.0. The fraction of sp³-hybridized carbons (Fsp3) is 0.667. The van der Waals surface area contributed by atoms with E-state index in [-0.39, 0.29) is 12.6 Å². The summed E-state index contributed by atoms with van der Waals surface area (Å²) in [6.45, 7) is 4.24. The molecule has 1 heterocycles. The summed E-state index contributed by atoms with van der Waals surface area (Å²) in [6, 6.07) is 0. The molecule has 1 aromatic rings. The van der Waals surface area contributed by atoms with Gasteiger partial charge < -0.3 is 19.4 Å². The van der Waals surface area contributed by atoms with Crippen LogP contribution in [0.4, 0.5) is 0 Å². The molecular formula is C12H21N3O3. The number of rotatable bonds is 9. The number of hydrogen-bond acceptors (Lipinski definition) is 5. The van der Waals surface area contributed by atoms with E-state index in [1.54, 1.807) is 13.1 Å². The molecule has 0 fully saturated rings. The van der Waals surface area contributed by atoms with Crippen molar-refractivity contribution in [3.05, 3.63) is 18.2 Å². The molecule has 0 spiro atoms. The average molecular weight is 255 g/mol. The number of nitrogens with zero attached hydrogens (tertiary/aromatic N) is 2. The highest BCUT2D eigenvalue weighted by atomic mass is 16.6. The summed E-state index contributed by atoms with van der Waals surface area (Å²) in [5, 5.41) is 3.23. The zero-order valence-electron chi connectivity index (χ0n) is 11.0. The van der Waals surface area contributed by atoms with Crippen LogP contribution in [0.5, 0.6) is 0 Å². The van der Waals surface area contributed by atoms with Gasteiger partial charge in [0.25, 0.3) is 0 Å². The van der Waals surface area contributed by atoms with Gasteiger partial charge in [0.2, 0.25) is 0 Å². The van der Waals surface area contributed by atoms with E-state index in [0.29, 0.717) is 19.8 Å². The van der Waals surface area contributed by atoms with Crippen LogP contribution < -0.4 is 5.32 Å². The standard InChI is InChI=1S/C12H21N3O3/c1-3-18-12(16)10-17-9-7-13-5-4-11-14-6-8-15(11)2/h6,8,13H,3-5,7,9-10H2,1-2H3. The first-order chi connectivity index (χ1) is 8.74. The lowest BCUT2D eigenvalue weighted by Gasteiger charge is -2.06. The van der Waals surface area contributed by atoms with Crippen molar-refractivity contribution in [2.24, 2.45) is 7.05 Å². The van der Waals surface area contributed by atoms with Crippen molar-refractivity contribution in [3.63, 3.8) is 0 Å². The van der Waals surface area contributed by atoms with Gasteiger partial charge in [-0.2, -0.15) is 0 Å². The first kappa shape index (κ1) is 14.7. The third-order valence-corrected chi connectivity index (χ3v) is 2.39. The summed E-state index contributed by atoms with van der Waals surface area (Å²) in [5.41, 5.74) is 0. The van der Waals surface area contributed by atoms with E-state index in [1.165, 1.54) is 0 Å². The Morgan fingerprint density at radius 3 is 3.00 bits per heavy atom. The number of aryl methyl sites for hydroxylation is 1. The first-order valence-electron chi connectivity index (χ1n) is 6.14. The topological polar surface area (TPSA) is 65.4 Å². The highest BCUT2D eigenvalue weighted by Crippen LogP contribution is 1.93. The van der Waals surface area contributed by atoms with Crippen LogP contribution in [0.1, 0.15) is 12.7 Å². The highest BCUT2D eigenvalue weighted by molar-refractivity contribution is 5.70. The smallest absolute Gasteiger partial charge is 0.332 e. The molecule has 102 valence electrons. The minimum atomic E-state index is -0.314. The Morgan fingerprint density at radius 1 is 1.50 bits per heavy atom. The molecule has 0 amide bonds. The number of carbonyl (C=O) groups is 1. The van der Waals surface area contributed by atoms with Crippen molar-refractivity contribution in [2.75, 3.05) is 32.9 Å². The Morgan fingerprint density at radius 2 is 2.33 bits per heavy atom. The van der Waals surface area contributed by atoms with E-state index in [9.17, 15) is 4.79 Å². The average Bonchev–Trinajstić information content (AvgIpc) is 2.74. The van der Waals surface area contributed by atoms with Gasteiger partial charge in [0.05, 0.1) is 13.2 Å². The van der Waals surface area contributed by atoms with Crippen LogP contribution in [0.25, 0.3) is 0 Å². The molecular weight excluding hydrogens is 234 g/mol. The summed E-state index contributed by atoms with van der Waals surface area (Å²) in [6.07, 6.45) is 4.59. The van der Waals surface area contributed by atoms with Gasteiger partial charge >= 0.3 is 5.97 Å². The minimum absolute atomic E-state index is 0.0227. The van der Waals surface area contributed by atoms with Crippen molar-refractivity contribution >= 4 is 5.97 Å². The second-order valence-electron chi connectivity index (χ2n) is 3.81. The Balaban J connectivity index is 1.93. The van der Waals surface area contributed by atoms with Crippen molar-refractivity contribution in [1.29, 1.82) is 0 Å². The summed E-state index contributed by atoms with van der Waals surface area (Å²) in [7, 11) is 1.98. The molecule has 1 rings (SSSR count). The van der Waals surface area contributed by atoms with E-state index in [0.717, 1.165) is 18.8 Å².